The molecule has 0 aromatic carbocycles. The molecule has 3 rings (SSSR count). The molecular formula is C12H19NO2. The first-order chi connectivity index (χ1) is 7.25. The van der Waals surface area contributed by atoms with Crippen LogP contribution in [0.25, 0.3) is 0 Å². The number of aliphatic carboxylic acids is 1. The van der Waals surface area contributed by atoms with Gasteiger partial charge in [-0.05, 0) is 57.0 Å². The molecule has 0 radical (unpaired) electrons. The number of nitrogens with zero attached hydrogens (tertiary/aromatic N) is 1. The molecule has 1 aliphatic heterocycles. The van der Waals surface area contributed by atoms with Crippen LogP contribution in [0, 0.1) is 17.8 Å². The van der Waals surface area contributed by atoms with Crippen molar-refractivity contribution in [3.63, 3.8) is 0 Å². The minimum atomic E-state index is -0.592. The van der Waals surface area contributed by atoms with Crippen LogP contribution in [0.1, 0.15) is 32.1 Å². The fourth-order valence-electron chi connectivity index (χ4n) is 3.60. The van der Waals surface area contributed by atoms with E-state index in [0.717, 1.165) is 43.8 Å². The lowest BCUT2D eigenvalue weighted by molar-refractivity contribution is -0.143. The van der Waals surface area contributed by atoms with Crippen LogP contribution in [0.15, 0.2) is 0 Å². The molecule has 1 N–H and O–H groups in total. The van der Waals surface area contributed by atoms with Gasteiger partial charge in [0.25, 0.3) is 0 Å². The Morgan fingerprint density at radius 1 is 1.13 bits per heavy atom. The topological polar surface area (TPSA) is 40.5 Å². The average Bonchev–Trinajstić information content (AvgIpc) is 2.91. The van der Waals surface area contributed by atoms with Gasteiger partial charge in [0.05, 0.1) is 5.92 Å². The van der Waals surface area contributed by atoms with Crippen LogP contribution < -0.4 is 0 Å². The summed E-state index contributed by atoms with van der Waals surface area (Å²) >= 11 is 0. The summed E-state index contributed by atoms with van der Waals surface area (Å²) in [6.07, 6.45) is 5.97. The quantitative estimate of drug-likeness (QED) is 0.750. The van der Waals surface area contributed by atoms with E-state index in [9.17, 15) is 4.79 Å². The van der Waals surface area contributed by atoms with Gasteiger partial charge in [0.1, 0.15) is 0 Å². The summed E-state index contributed by atoms with van der Waals surface area (Å²) in [5.74, 6) is 1.35. The molecule has 0 amide bonds. The molecule has 1 heterocycles. The van der Waals surface area contributed by atoms with Crippen molar-refractivity contribution in [2.24, 2.45) is 17.8 Å². The highest BCUT2D eigenvalue weighted by Gasteiger charge is 2.50. The molecule has 3 unspecified atom stereocenters. The smallest absolute Gasteiger partial charge is 0.306 e. The molecule has 0 aromatic heterocycles. The van der Waals surface area contributed by atoms with Gasteiger partial charge in [0.15, 0.2) is 0 Å². The minimum absolute atomic E-state index is 0.0716. The van der Waals surface area contributed by atoms with Crippen molar-refractivity contribution in [3.05, 3.63) is 0 Å². The normalized spacial score (nSPS) is 41.5. The van der Waals surface area contributed by atoms with Crippen molar-refractivity contribution < 1.29 is 9.90 Å². The zero-order valence-corrected chi connectivity index (χ0v) is 9.06. The van der Waals surface area contributed by atoms with Crippen molar-refractivity contribution in [2.75, 3.05) is 13.1 Å². The second-order valence-electron chi connectivity index (χ2n) is 5.45. The Labute approximate surface area is 90.5 Å². The lowest BCUT2D eigenvalue weighted by Crippen LogP contribution is -2.43. The number of carboxylic acids is 1. The zero-order valence-electron chi connectivity index (χ0n) is 9.06. The summed E-state index contributed by atoms with van der Waals surface area (Å²) in [6, 6.07) is 0.810. The Bertz CT molecular complexity index is 271. The molecule has 3 heteroatoms. The Morgan fingerprint density at radius 2 is 1.87 bits per heavy atom. The number of hydrogen-bond acceptors (Lipinski definition) is 2. The number of likely N-dealkylation sites (tertiary alicyclic amines) is 1. The van der Waals surface area contributed by atoms with E-state index in [2.05, 4.69) is 4.90 Å². The predicted molar refractivity (Wildman–Crippen MR) is 56.6 cm³/mol. The summed E-state index contributed by atoms with van der Waals surface area (Å²) in [5, 5.41) is 8.93. The monoisotopic (exact) mass is 209 g/mol. The second-order valence-corrected chi connectivity index (χ2v) is 5.45. The van der Waals surface area contributed by atoms with Gasteiger partial charge in [-0.25, -0.2) is 0 Å². The Morgan fingerprint density at radius 3 is 2.33 bits per heavy atom. The van der Waals surface area contributed by atoms with E-state index in [-0.39, 0.29) is 5.92 Å². The number of piperidine rings is 1. The van der Waals surface area contributed by atoms with Crippen LogP contribution in [0.5, 0.6) is 0 Å². The molecule has 3 nitrogen and oxygen atoms in total. The van der Waals surface area contributed by atoms with Gasteiger partial charge in [-0.3, -0.25) is 4.79 Å². The molecule has 0 spiro atoms. The van der Waals surface area contributed by atoms with Gasteiger partial charge in [-0.2, -0.15) is 0 Å². The molecule has 15 heavy (non-hydrogen) atoms. The molecule has 1 saturated heterocycles. The van der Waals surface area contributed by atoms with Gasteiger partial charge in [-0.1, -0.05) is 0 Å². The maximum Gasteiger partial charge on any atom is 0.306 e. The summed E-state index contributed by atoms with van der Waals surface area (Å²) in [5.41, 5.74) is 0. The van der Waals surface area contributed by atoms with E-state index in [1.807, 2.05) is 0 Å². The maximum absolute atomic E-state index is 10.8. The lowest BCUT2D eigenvalue weighted by atomic mass is 9.95. The third kappa shape index (κ3) is 1.67. The first-order valence-corrected chi connectivity index (χ1v) is 6.22. The second kappa shape index (κ2) is 3.48. The number of carbonyl (C=O) groups is 1. The number of carboxylic acid groups (broad SMARTS) is 1. The number of fused-ring (bicyclic) bond motifs is 1. The summed E-state index contributed by atoms with van der Waals surface area (Å²) in [4.78, 5) is 13.4. The average molecular weight is 209 g/mol. The third-order valence-electron chi connectivity index (χ3n) is 4.65. The number of hydrogen-bond donors (Lipinski definition) is 1. The molecule has 2 saturated carbocycles. The summed E-state index contributed by atoms with van der Waals surface area (Å²) in [6.45, 7) is 2.04. The van der Waals surface area contributed by atoms with Gasteiger partial charge >= 0.3 is 5.97 Å². The van der Waals surface area contributed by atoms with E-state index < -0.39 is 5.97 Å². The SMILES string of the molecule is O=C(O)C1CCN(C2CCC3CC32)CC1. The predicted octanol–water partition coefficient (Wildman–Crippen LogP) is 1.58. The standard InChI is InChI=1S/C12H19NO2/c14-12(15)8-3-5-13(6-4-8)11-2-1-9-7-10(9)11/h8-11H,1-7H2,(H,14,15). The molecule has 3 aliphatic rings. The molecular weight excluding hydrogens is 190 g/mol. The largest absolute Gasteiger partial charge is 0.481 e. The van der Waals surface area contributed by atoms with Gasteiger partial charge in [0.2, 0.25) is 0 Å². The number of rotatable bonds is 2. The molecule has 0 aromatic rings. The molecule has 2 aliphatic carbocycles. The van der Waals surface area contributed by atoms with Crippen LogP contribution >= 0.6 is 0 Å². The van der Waals surface area contributed by atoms with E-state index in [0.29, 0.717) is 0 Å². The minimum Gasteiger partial charge on any atom is -0.481 e. The lowest BCUT2D eigenvalue weighted by Gasteiger charge is -2.35. The summed E-state index contributed by atoms with van der Waals surface area (Å²) < 4.78 is 0. The highest BCUT2D eigenvalue weighted by Crippen LogP contribution is 2.53. The van der Waals surface area contributed by atoms with E-state index in [1.165, 1.54) is 19.3 Å². The van der Waals surface area contributed by atoms with Crippen LogP contribution in [0.3, 0.4) is 0 Å². The zero-order chi connectivity index (χ0) is 10.4. The first kappa shape index (κ1) is 9.64. The first-order valence-electron chi connectivity index (χ1n) is 6.22. The van der Waals surface area contributed by atoms with Crippen LogP contribution in [-0.4, -0.2) is 35.1 Å². The molecule has 84 valence electrons. The van der Waals surface area contributed by atoms with Gasteiger partial charge in [-0.15, -0.1) is 0 Å². The highest BCUT2D eigenvalue weighted by molar-refractivity contribution is 5.70. The van der Waals surface area contributed by atoms with Gasteiger partial charge < -0.3 is 10.0 Å². The van der Waals surface area contributed by atoms with Crippen molar-refractivity contribution in [1.82, 2.24) is 4.90 Å². The van der Waals surface area contributed by atoms with Crippen LogP contribution in [0.4, 0.5) is 0 Å². The Hall–Kier alpha value is -0.570. The Balaban J connectivity index is 1.55. The van der Waals surface area contributed by atoms with Crippen molar-refractivity contribution in [3.8, 4) is 0 Å². The van der Waals surface area contributed by atoms with Crippen LogP contribution in [-0.2, 0) is 4.79 Å². The fraction of sp³-hybridized carbons (Fsp3) is 0.917. The fourth-order valence-corrected chi connectivity index (χ4v) is 3.60. The molecule has 3 fully saturated rings. The van der Waals surface area contributed by atoms with Crippen molar-refractivity contribution in [2.45, 2.75) is 38.1 Å². The molecule has 3 atom stereocenters. The van der Waals surface area contributed by atoms with Crippen molar-refractivity contribution >= 4 is 5.97 Å². The van der Waals surface area contributed by atoms with Crippen molar-refractivity contribution in [1.29, 1.82) is 0 Å². The van der Waals surface area contributed by atoms with Gasteiger partial charge in [0, 0.05) is 6.04 Å². The van der Waals surface area contributed by atoms with Crippen LogP contribution in [0.2, 0.25) is 0 Å². The molecule has 0 bridgehead atoms. The summed E-state index contributed by atoms with van der Waals surface area (Å²) in [7, 11) is 0. The maximum atomic E-state index is 10.8. The van der Waals surface area contributed by atoms with E-state index in [4.69, 9.17) is 5.11 Å². The Kier molecular flexibility index (Phi) is 2.23. The third-order valence-corrected chi connectivity index (χ3v) is 4.65. The van der Waals surface area contributed by atoms with E-state index >= 15 is 0 Å². The van der Waals surface area contributed by atoms with E-state index in [1.54, 1.807) is 0 Å². The highest BCUT2D eigenvalue weighted by atomic mass is 16.4.